The van der Waals surface area contributed by atoms with Gasteiger partial charge in [0.2, 0.25) is 0 Å². The van der Waals surface area contributed by atoms with E-state index in [1.165, 1.54) is 8.61 Å². The molecule has 1 fully saturated rings. The van der Waals surface area contributed by atoms with Gasteiger partial charge in [0, 0.05) is 26.7 Å². The average molecular weight is 278 g/mol. The number of hydrogen-bond acceptors (Lipinski definition) is 3. The van der Waals surface area contributed by atoms with E-state index in [2.05, 4.69) is 0 Å². The third kappa shape index (κ3) is 3.66. The smallest absolute Gasteiger partial charge is 0.307 e. The molecule has 7 heteroatoms. The van der Waals surface area contributed by atoms with Crippen LogP contribution >= 0.6 is 0 Å². The summed E-state index contributed by atoms with van der Waals surface area (Å²) in [6, 6.07) is 0. The van der Waals surface area contributed by atoms with Gasteiger partial charge in [-0.15, -0.1) is 0 Å². The first-order valence-electron chi connectivity index (χ1n) is 6.33. The van der Waals surface area contributed by atoms with Crippen molar-refractivity contribution in [3.8, 4) is 0 Å². The molecule has 1 aliphatic heterocycles. The van der Waals surface area contributed by atoms with Crippen molar-refractivity contribution in [1.29, 1.82) is 0 Å². The number of piperidine rings is 1. The summed E-state index contributed by atoms with van der Waals surface area (Å²) in [7, 11) is -1.95. The Hall–Kier alpha value is -0.660. The third-order valence-electron chi connectivity index (χ3n) is 3.28. The van der Waals surface area contributed by atoms with Crippen molar-refractivity contribution < 1.29 is 18.3 Å². The molecule has 0 aromatic heterocycles. The van der Waals surface area contributed by atoms with Gasteiger partial charge in [0.1, 0.15) is 0 Å². The van der Waals surface area contributed by atoms with E-state index in [1.807, 2.05) is 6.92 Å². The lowest BCUT2D eigenvalue weighted by molar-refractivity contribution is -0.142. The number of carboxylic acids is 1. The molecular weight excluding hydrogens is 256 g/mol. The standard InChI is InChI=1S/C11H22N2O4S/c1-3-4-7-12(2)18(16,17)13-8-5-6-10(9-13)11(14)15/h10H,3-9H2,1-2H3,(H,14,15)/t10-/m1/s1. The molecule has 1 atom stereocenters. The van der Waals surface area contributed by atoms with E-state index in [0.717, 1.165) is 12.8 Å². The molecule has 1 rings (SSSR count). The van der Waals surface area contributed by atoms with Crippen molar-refractivity contribution in [2.45, 2.75) is 32.6 Å². The van der Waals surface area contributed by atoms with E-state index in [9.17, 15) is 13.2 Å². The zero-order valence-corrected chi connectivity index (χ0v) is 11.8. The lowest BCUT2D eigenvalue weighted by atomic mass is 10.0. The van der Waals surface area contributed by atoms with Crippen molar-refractivity contribution in [2.75, 3.05) is 26.7 Å². The van der Waals surface area contributed by atoms with E-state index in [1.54, 1.807) is 7.05 Å². The van der Waals surface area contributed by atoms with Crippen LogP contribution in [0.1, 0.15) is 32.6 Å². The van der Waals surface area contributed by atoms with Crippen LogP contribution in [0.25, 0.3) is 0 Å². The summed E-state index contributed by atoms with van der Waals surface area (Å²) in [5, 5.41) is 8.97. The minimum absolute atomic E-state index is 0.0914. The summed E-state index contributed by atoms with van der Waals surface area (Å²) in [6.45, 7) is 2.99. The van der Waals surface area contributed by atoms with Crippen LogP contribution in [0.4, 0.5) is 0 Å². The van der Waals surface area contributed by atoms with Gasteiger partial charge in [0.25, 0.3) is 10.2 Å². The zero-order valence-electron chi connectivity index (χ0n) is 11.0. The Kier molecular flexibility index (Phi) is 5.55. The van der Waals surface area contributed by atoms with Gasteiger partial charge in [-0.25, -0.2) is 0 Å². The summed E-state index contributed by atoms with van der Waals surface area (Å²) >= 11 is 0. The van der Waals surface area contributed by atoms with E-state index in [-0.39, 0.29) is 6.54 Å². The largest absolute Gasteiger partial charge is 0.481 e. The van der Waals surface area contributed by atoms with Crippen LogP contribution in [0.3, 0.4) is 0 Å². The second-order valence-corrected chi connectivity index (χ2v) is 6.75. The third-order valence-corrected chi connectivity index (χ3v) is 5.23. The van der Waals surface area contributed by atoms with Gasteiger partial charge >= 0.3 is 5.97 Å². The highest BCUT2D eigenvalue weighted by Crippen LogP contribution is 2.20. The van der Waals surface area contributed by atoms with Crippen LogP contribution in [-0.2, 0) is 15.0 Å². The minimum Gasteiger partial charge on any atom is -0.481 e. The van der Waals surface area contributed by atoms with Gasteiger partial charge in [-0.1, -0.05) is 13.3 Å². The fraction of sp³-hybridized carbons (Fsp3) is 0.909. The fourth-order valence-corrected chi connectivity index (χ4v) is 3.53. The SMILES string of the molecule is CCCCN(C)S(=O)(=O)N1CCC[C@@H](C(=O)O)C1. The molecule has 0 saturated carbocycles. The number of hydrogen-bond donors (Lipinski definition) is 1. The van der Waals surface area contributed by atoms with Gasteiger partial charge in [-0.3, -0.25) is 4.79 Å². The van der Waals surface area contributed by atoms with Gasteiger partial charge in [0.15, 0.2) is 0 Å². The van der Waals surface area contributed by atoms with Crippen molar-refractivity contribution >= 4 is 16.2 Å². The molecule has 0 unspecified atom stereocenters. The molecule has 1 N–H and O–H groups in total. The van der Waals surface area contributed by atoms with Crippen molar-refractivity contribution in [1.82, 2.24) is 8.61 Å². The first kappa shape index (κ1) is 15.4. The summed E-state index contributed by atoms with van der Waals surface area (Å²) in [6.07, 6.45) is 2.90. The summed E-state index contributed by atoms with van der Waals surface area (Å²) in [4.78, 5) is 10.9. The highest BCUT2D eigenvalue weighted by molar-refractivity contribution is 7.86. The first-order chi connectivity index (χ1) is 8.39. The predicted octanol–water partition coefficient (Wildman–Crippen LogP) is 0.760. The topological polar surface area (TPSA) is 77.9 Å². The highest BCUT2D eigenvalue weighted by Gasteiger charge is 2.34. The number of aliphatic carboxylic acids is 1. The lowest BCUT2D eigenvalue weighted by Crippen LogP contribution is -2.48. The van der Waals surface area contributed by atoms with Crippen LogP contribution in [0.5, 0.6) is 0 Å². The molecule has 1 aliphatic rings. The molecule has 0 radical (unpaired) electrons. The van der Waals surface area contributed by atoms with Crippen LogP contribution in [0.15, 0.2) is 0 Å². The Morgan fingerprint density at radius 2 is 2.17 bits per heavy atom. The molecule has 0 aliphatic carbocycles. The minimum atomic E-state index is -3.50. The van der Waals surface area contributed by atoms with Gasteiger partial charge in [-0.2, -0.15) is 17.0 Å². The van der Waals surface area contributed by atoms with Crippen molar-refractivity contribution in [3.63, 3.8) is 0 Å². The van der Waals surface area contributed by atoms with Gasteiger partial charge in [0.05, 0.1) is 5.92 Å². The highest BCUT2D eigenvalue weighted by atomic mass is 32.2. The maximum Gasteiger partial charge on any atom is 0.307 e. The van der Waals surface area contributed by atoms with Crippen LogP contribution in [0, 0.1) is 5.92 Å². The second-order valence-electron chi connectivity index (χ2n) is 4.72. The van der Waals surface area contributed by atoms with E-state index < -0.39 is 22.1 Å². The molecule has 6 nitrogen and oxygen atoms in total. The monoisotopic (exact) mass is 278 g/mol. The van der Waals surface area contributed by atoms with Crippen LogP contribution < -0.4 is 0 Å². The Morgan fingerprint density at radius 1 is 1.50 bits per heavy atom. The average Bonchev–Trinajstić information content (AvgIpc) is 2.35. The Balaban J connectivity index is 2.69. The van der Waals surface area contributed by atoms with Gasteiger partial charge < -0.3 is 5.11 Å². The number of carbonyl (C=O) groups is 1. The second kappa shape index (κ2) is 6.49. The normalized spacial score (nSPS) is 22.3. The Morgan fingerprint density at radius 3 is 2.72 bits per heavy atom. The number of carboxylic acid groups (broad SMARTS) is 1. The molecule has 0 spiro atoms. The molecule has 18 heavy (non-hydrogen) atoms. The molecule has 1 heterocycles. The lowest BCUT2D eigenvalue weighted by Gasteiger charge is -2.32. The maximum absolute atomic E-state index is 12.2. The number of nitrogens with zero attached hydrogens (tertiary/aromatic N) is 2. The zero-order chi connectivity index (χ0) is 13.8. The van der Waals surface area contributed by atoms with E-state index in [4.69, 9.17) is 5.11 Å². The van der Waals surface area contributed by atoms with E-state index in [0.29, 0.717) is 25.9 Å². The van der Waals surface area contributed by atoms with Crippen molar-refractivity contribution in [3.05, 3.63) is 0 Å². The number of unbranched alkanes of at least 4 members (excludes halogenated alkanes) is 1. The quantitative estimate of drug-likeness (QED) is 0.778. The molecule has 0 aromatic carbocycles. The van der Waals surface area contributed by atoms with Gasteiger partial charge in [-0.05, 0) is 19.3 Å². The maximum atomic E-state index is 12.2. The fourth-order valence-electron chi connectivity index (χ4n) is 2.05. The summed E-state index contributed by atoms with van der Waals surface area (Å²) < 4.78 is 27.1. The molecule has 0 amide bonds. The molecule has 1 saturated heterocycles. The number of rotatable bonds is 6. The molecular formula is C11H22N2O4S. The van der Waals surface area contributed by atoms with E-state index >= 15 is 0 Å². The van der Waals surface area contributed by atoms with Crippen LogP contribution in [-0.4, -0.2) is 54.8 Å². The van der Waals surface area contributed by atoms with Crippen molar-refractivity contribution in [2.24, 2.45) is 5.92 Å². The summed E-state index contributed by atoms with van der Waals surface area (Å²) in [5.41, 5.74) is 0. The summed E-state index contributed by atoms with van der Waals surface area (Å²) in [5.74, 6) is -1.49. The molecule has 106 valence electrons. The molecule has 0 aromatic rings. The van der Waals surface area contributed by atoms with Crippen LogP contribution in [0.2, 0.25) is 0 Å². The predicted molar refractivity (Wildman–Crippen MR) is 68.4 cm³/mol. The Bertz CT molecular complexity index is 383. The first-order valence-corrected chi connectivity index (χ1v) is 7.73. The molecule has 0 bridgehead atoms. The Labute approximate surface area is 109 Å².